The van der Waals surface area contributed by atoms with Gasteiger partial charge in [-0.1, -0.05) is 6.42 Å². The Kier molecular flexibility index (Phi) is 8.94. The average Bonchev–Trinajstić information content (AvgIpc) is 2.26. The van der Waals surface area contributed by atoms with Crippen LogP contribution in [0, 0.1) is 5.41 Å². The molecule has 5 heteroatoms. The van der Waals surface area contributed by atoms with E-state index in [4.69, 9.17) is 4.74 Å². The van der Waals surface area contributed by atoms with Gasteiger partial charge >= 0.3 is 0 Å². The molecule has 0 aliphatic heterocycles. The maximum Gasteiger partial charge on any atom is 0.190 e. The number of halogens is 1. The quantitative estimate of drug-likeness (QED) is 0.332. The van der Waals surface area contributed by atoms with Gasteiger partial charge in [0, 0.05) is 33.9 Å². The van der Waals surface area contributed by atoms with Gasteiger partial charge in [0.15, 0.2) is 5.96 Å². The van der Waals surface area contributed by atoms with Crippen LogP contribution in [0.1, 0.15) is 32.6 Å². The second-order valence-corrected chi connectivity index (χ2v) is 4.48. The summed E-state index contributed by atoms with van der Waals surface area (Å²) >= 11 is 0. The van der Waals surface area contributed by atoms with Crippen molar-refractivity contribution in [2.75, 3.05) is 33.9 Å². The van der Waals surface area contributed by atoms with Crippen molar-refractivity contribution in [3.63, 3.8) is 0 Å². The van der Waals surface area contributed by atoms with Crippen LogP contribution in [0.4, 0.5) is 0 Å². The number of rotatable bonds is 6. The Bertz CT molecular complexity index is 230. The van der Waals surface area contributed by atoms with Crippen molar-refractivity contribution in [3.8, 4) is 0 Å². The Balaban J connectivity index is 0.00000256. The summed E-state index contributed by atoms with van der Waals surface area (Å²) in [4.78, 5) is 4.13. The molecule has 1 aliphatic carbocycles. The summed E-state index contributed by atoms with van der Waals surface area (Å²) in [5.41, 5.74) is 0.446. The average molecular weight is 355 g/mol. The number of ether oxygens (including phenoxy) is 1. The van der Waals surface area contributed by atoms with Crippen molar-refractivity contribution in [1.29, 1.82) is 0 Å². The van der Waals surface area contributed by atoms with E-state index in [0.717, 1.165) is 32.1 Å². The molecule has 0 aromatic carbocycles. The Hall–Kier alpha value is -0.0400. The Morgan fingerprint density at radius 3 is 2.53 bits per heavy atom. The standard InChI is InChI=1S/C12H25N3O.HI/c1-4-16-9-8-12(6-5-7-12)10-15-11(13-2)14-3;/h4-10H2,1-3H3,(H2,13,14,15);1H. The molecule has 1 saturated carbocycles. The molecule has 0 bridgehead atoms. The molecule has 102 valence electrons. The molecule has 0 aromatic rings. The highest BCUT2D eigenvalue weighted by Gasteiger charge is 2.36. The first kappa shape index (κ1) is 17.0. The normalized spacial score (nSPS) is 17.9. The van der Waals surface area contributed by atoms with Crippen molar-refractivity contribution in [3.05, 3.63) is 0 Å². The van der Waals surface area contributed by atoms with Crippen molar-refractivity contribution < 1.29 is 4.74 Å². The van der Waals surface area contributed by atoms with Gasteiger partial charge < -0.3 is 15.4 Å². The number of aliphatic imine (C=N–C) groups is 1. The first-order valence-corrected chi connectivity index (χ1v) is 6.22. The lowest BCUT2D eigenvalue weighted by molar-refractivity contribution is 0.0573. The lowest BCUT2D eigenvalue weighted by atomic mass is 9.67. The number of hydrogen-bond donors (Lipinski definition) is 2. The van der Waals surface area contributed by atoms with Gasteiger partial charge in [-0.2, -0.15) is 0 Å². The maximum atomic E-state index is 5.45. The predicted molar refractivity (Wildman–Crippen MR) is 83.2 cm³/mol. The van der Waals surface area contributed by atoms with Gasteiger partial charge in [-0.15, -0.1) is 24.0 Å². The van der Waals surface area contributed by atoms with Gasteiger partial charge in [0.2, 0.25) is 0 Å². The van der Waals surface area contributed by atoms with Gasteiger partial charge in [-0.25, -0.2) is 0 Å². The van der Waals surface area contributed by atoms with Crippen LogP contribution in [0.3, 0.4) is 0 Å². The number of guanidine groups is 1. The van der Waals surface area contributed by atoms with Crippen LogP contribution in [0.5, 0.6) is 0 Å². The van der Waals surface area contributed by atoms with Crippen molar-refractivity contribution in [1.82, 2.24) is 10.6 Å². The van der Waals surface area contributed by atoms with E-state index in [1.165, 1.54) is 19.3 Å². The minimum absolute atomic E-state index is 0. The molecule has 17 heavy (non-hydrogen) atoms. The molecular formula is C12H26IN3O. The lowest BCUT2D eigenvalue weighted by Crippen LogP contribution is -2.46. The molecule has 0 atom stereocenters. The summed E-state index contributed by atoms with van der Waals surface area (Å²) in [6, 6.07) is 0. The van der Waals surface area contributed by atoms with Crippen LogP contribution >= 0.6 is 24.0 Å². The van der Waals surface area contributed by atoms with Crippen LogP contribution in [-0.2, 0) is 4.74 Å². The van der Waals surface area contributed by atoms with Gasteiger partial charge in [0.1, 0.15) is 0 Å². The summed E-state index contributed by atoms with van der Waals surface area (Å²) in [5.74, 6) is 0.877. The molecular weight excluding hydrogens is 329 g/mol. The summed E-state index contributed by atoms with van der Waals surface area (Å²) < 4.78 is 5.45. The minimum atomic E-state index is 0. The zero-order valence-corrected chi connectivity index (χ0v) is 13.5. The number of nitrogens with zero attached hydrogens (tertiary/aromatic N) is 1. The van der Waals surface area contributed by atoms with E-state index in [0.29, 0.717) is 5.41 Å². The van der Waals surface area contributed by atoms with E-state index in [2.05, 4.69) is 22.5 Å². The van der Waals surface area contributed by atoms with E-state index in [9.17, 15) is 0 Å². The van der Waals surface area contributed by atoms with Gasteiger partial charge in [-0.3, -0.25) is 4.99 Å². The highest BCUT2D eigenvalue weighted by atomic mass is 127. The van der Waals surface area contributed by atoms with Crippen molar-refractivity contribution in [2.45, 2.75) is 32.6 Å². The summed E-state index contributed by atoms with van der Waals surface area (Å²) in [6.07, 6.45) is 5.14. The fourth-order valence-electron chi connectivity index (χ4n) is 2.18. The Morgan fingerprint density at radius 1 is 1.41 bits per heavy atom. The Labute approximate surface area is 122 Å². The van der Waals surface area contributed by atoms with Crippen LogP contribution in [0.2, 0.25) is 0 Å². The fourth-order valence-corrected chi connectivity index (χ4v) is 2.18. The molecule has 0 spiro atoms. The van der Waals surface area contributed by atoms with E-state index < -0.39 is 0 Å². The third-order valence-electron chi connectivity index (χ3n) is 3.49. The molecule has 0 amide bonds. The van der Waals surface area contributed by atoms with E-state index in [1.807, 2.05) is 7.05 Å². The highest BCUT2D eigenvalue weighted by Crippen LogP contribution is 2.43. The highest BCUT2D eigenvalue weighted by molar-refractivity contribution is 14.0. The topological polar surface area (TPSA) is 45.6 Å². The molecule has 1 rings (SSSR count). The molecule has 0 radical (unpaired) electrons. The minimum Gasteiger partial charge on any atom is -0.382 e. The number of hydrogen-bond acceptors (Lipinski definition) is 2. The van der Waals surface area contributed by atoms with Crippen molar-refractivity contribution in [2.24, 2.45) is 10.4 Å². The van der Waals surface area contributed by atoms with E-state index in [1.54, 1.807) is 7.05 Å². The van der Waals surface area contributed by atoms with Crippen LogP contribution in [-0.4, -0.2) is 39.8 Å². The van der Waals surface area contributed by atoms with Crippen LogP contribution in [0.15, 0.2) is 4.99 Å². The Morgan fingerprint density at radius 2 is 2.12 bits per heavy atom. The fraction of sp³-hybridized carbons (Fsp3) is 0.917. The smallest absolute Gasteiger partial charge is 0.190 e. The third-order valence-corrected chi connectivity index (χ3v) is 3.49. The summed E-state index contributed by atoms with van der Waals surface area (Å²) in [6.45, 7) is 4.76. The molecule has 2 N–H and O–H groups in total. The third kappa shape index (κ3) is 5.42. The van der Waals surface area contributed by atoms with E-state index >= 15 is 0 Å². The van der Waals surface area contributed by atoms with Crippen LogP contribution < -0.4 is 10.6 Å². The first-order chi connectivity index (χ1) is 7.76. The first-order valence-electron chi connectivity index (χ1n) is 6.22. The summed E-state index contributed by atoms with van der Waals surface area (Å²) in [5, 5.41) is 6.42. The van der Waals surface area contributed by atoms with Crippen molar-refractivity contribution >= 4 is 29.9 Å². The largest absolute Gasteiger partial charge is 0.382 e. The molecule has 4 nitrogen and oxygen atoms in total. The molecule has 1 aliphatic rings. The zero-order chi connectivity index (χ0) is 11.9. The molecule has 0 aromatic heterocycles. The second kappa shape index (κ2) is 8.97. The molecule has 0 heterocycles. The maximum absolute atomic E-state index is 5.45. The van der Waals surface area contributed by atoms with Crippen LogP contribution in [0.25, 0.3) is 0 Å². The SMILES string of the molecule is CCOCCC1(CNC(=NC)NC)CCC1.I. The van der Waals surface area contributed by atoms with Gasteiger partial charge in [0.25, 0.3) is 0 Å². The van der Waals surface area contributed by atoms with Gasteiger partial charge in [0.05, 0.1) is 0 Å². The lowest BCUT2D eigenvalue weighted by Gasteiger charge is -2.42. The predicted octanol–water partition coefficient (Wildman–Crippen LogP) is 2.00. The number of nitrogens with one attached hydrogen (secondary N) is 2. The molecule has 0 saturated heterocycles. The zero-order valence-electron chi connectivity index (χ0n) is 11.2. The molecule has 0 unspecified atom stereocenters. The molecule has 1 fully saturated rings. The van der Waals surface area contributed by atoms with E-state index in [-0.39, 0.29) is 24.0 Å². The van der Waals surface area contributed by atoms with Gasteiger partial charge in [-0.05, 0) is 31.6 Å². The summed E-state index contributed by atoms with van der Waals surface area (Å²) in [7, 11) is 3.69. The second-order valence-electron chi connectivity index (χ2n) is 4.48. The monoisotopic (exact) mass is 355 g/mol.